The number of carbonyl (C=O) groups excluding carboxylic acids is 1. The van der Waals surface area contributed by atoms with Crippen LogP contribution in [0.15, 0.2) is 48.1 Å². The summed E-state index contributed by atoms with van der Waals surface area (Å²) in [7, 11) is 0. The monoisotopic (exact) mass is 382 g/mol. The van der Waals surface area contributed by atoms with Gasteiger partial charge in [0.1, 0.15) is 11.9 Å². The maximum atomic E-state index is 13.8. The number of aryl methyl sites for hydroxylation is 1. The lowest BCUT2D eigenvalue weighted by Gasteiger charge is -2.39. The third kappa shape index (κ3) is 3.46. The van der Waals surface area contributed by atoms with Crippen LogP contribution in [0.25, 0.3) is 5.57 Å². The summed E-state index contributed by atoms with van der Waals surface area (Å²) in [6, 6.07) is 5.31. The van der Waals surface area contributed by atoms with E-state index in [9.17, 15) is 14.3 Å². The van der Waals surface area contributed by atoms with Crippen LogP contribution in [-0.4, -0.2) is 23.3 Å². The Morgan fingerprint density at radius 3 is 2.79 bits per heavy atom. The number of halogens is 1. The molecule has 4 atom stereocenters. The van der Waals surface area contributed by atoms with Crippen molar-refractivity contribution in [3.8, 4) is 0 Å². The van der Waals surface area contributed by atoms with E-state index in [0.717, 1.165) is 18.4 Å². The van der Waals surface area contributed by atoms with Crippen LogP contribution in [0.4, 0.5) is 4.39 Å². The zero-order chi connectivity index (χ0) is 20.1. The van der Waals surface area contributed by atoms with Crippen molar-refractivity contribution in [2.45, 2.75) is 58.7 Å². The number of hydrogen-bond donors (Lipinski definition) is 1. The number of carbonyl (C=O) groups is 1. The van der Waals surface area contributed by atoms with Gasteiger partial charge in [0.25, 0.3) is 0 Å². The number of cyclic esters (lactones) is 1. The molecule has 0 radical (unpaired) electrons. The second kappa shape index (κ2) is 6.70. The molecule has 3 aliphatic rings. The first kappa shape index (κ1) is 19.1. The van der Waals surface area contributed by atoms with Gasteiger partial charge in [0.05, 0.1) is 12.5 Å². The molecule has 0 amide bonds. The van der Waals surface area contributed by atoms with Crippen LogP contribution in [0.5, 0.6) is 0 Å². The van der Waals surface area contributed by atoms with E-state index in [0.29, 0.717) is 12.0 Å². The van der Waals surface area contributed by atoms with Gasteiger partial charge >= 0.3 is 5.97 Å². The summed E-state index contributed by atoms with van der Waals surface area (Å²) in [5.41, 5.74) is 4.05. The minimum atomic E-state index is -0.652. The topological polar surface area (TPSA) is 46.5 Å². The molecule has 1 aromatic carbocycles. The average Bonchev–Trinajstić information content (AvgIpc) is 2.86. The summed E-state index contributed by atoms with van der Waals surface area (Å²) >= 11 is 0. The smallest absolute Gasteiger partial charge is 0.309 e. The van der Waals surface area contributed by atoms with Gasteiger partial charge in [-0.15, -0.1) is 0 Å². The number of esters is 1. The quantitative estimate of drug-likeness (QED) is 0.598. The Morgan fingerprint density at radius 1 is 1.29 bits per heavy atom. The highest BCUT2D eigenvalue weighted by atomic mass is 19.1. The van der Waals surface area contributed by atoms with Gasteiger partial charge in [-0.2, -0.15) is 0 Å². The minimum absolute atomic E-state index is 0.0615. The number of ether oxygens (including phenoxy) is 1. The lowest BCUT2D eigenvalue weighted by molar-refractivity contribution is -0.156. The van der Waals surface area contributed by atoms with Crippen LogP contribution in [0, 0.1) is 23.6 Å². The van der Waals surface area contributed by atoms with Crippen LogP contribution in [0.1, 0.15) is 50.7 Å². The van der Waals surface area contributed by atoms with Gasteiger partial charge in [0, 0.05) is 11.8 Å². The van der Waals surface area contributed by atoms with Crippen molar-refractivity contribution in [3.63, 3.8) is 0 Å². The van der Waals surface area contributed by atoms with Gasteiger partial charge in [-0.3, -0.25) is 4.79 Å². The zero-order valence-electron chi connectivity index (χ0n) is 16.7. The normalized spacial score (nSPS) is 35.0. The Balaban J connectivity index is 1.76. The Hall–Kier alpha value is -2.20. The number of aliphatic hydroxyl groups is 1. The van der Waals surface area contributed by atoms with E-state index in [-0.39, 0.29) is 29.0 Å². The number of hydrogen-bond acceptors (Lipinski definition) is 3. The molecular formula is C24H27FO3. The van der Waals surface area contributed by atoms with E-state index in [1.54, 1.807) is 6.92 Å². The summed E-state index contributed by atoms with van der Waals surface area (Å²) < 4.78 is 19.2. The molecule has 0 spiro atoms. The molecule has 2 bridgehead atoms. The molecule has 0 saturated carbocycles. The second-order valence-corrected chi connectivity index (χ2v) is 9.10. The first-order chi connectivity index (χ1) is 13.2. The largest absolute Gasteiger partial charge is 0.458 e. The zero-order valence-corrected chi connectivity index (χ0v) is 16.7. The Kier molecular flexibility index (Phi) is 4.58. The summed E-state index contributed by atoms with van der Waals surface area (Å²) in [4.78, 5) is 11.6. The first-order valence-electron chi connectivity index (χ1n) is 9.94. The Bertz CT molecular complexity index is 912. The maximum Gasteiger partial charge on any atom is 0.309 e. The third-order valence-electron chi connectivity index (χ3n) is 6.32. The molecule has 2 unspecified atom stereocenters. The van der Waals surface area contributed by atoms with Gasteiger partial charge in [0.15, 0.2) is 0 Å². The molecule has 4 heteroatoms. The third-order valence-corrected chi connectivity index (χ3v) is 6.32. The summed E-state index contributed by atoms with van der Waals surface area (Å²) in [6.45, 7) is 6.29. The highest BCUT2D eigenvalue weighted by Crippen LogP contribution is 2.58. The van der Waals surface area contributed by atoms with E-state index in [1.807, 2.05) is 18.2 Å². The fourth-order valence-electron chi connectivity index (χ4n) is 5.00. The van der Waals surface area contributed by atoms with Crippen molar-refractivity contribution in [3.05, 3.63) is 65.0 Å². The number of benzene rings is 1. The number of aliphatic hydroxyl groups excluding tert-OH is 1. The lowest BCUT2D eigenvalue weighted by atomic mass is 9.65. The van der Waals surface area contributed by atoms with Crippen LogP contribution in [0.3, 0.4) is 0 Å². The van der Waals surface area contributed by atoms with Crippen molar-refractivity contribution < 1.29 is 19.0 Å². The van der Waals surface area contributed by atoms with Gasteiger partial charge in [-0.25, -0.2) is 4.39 Å². The van der Waals surface area contributed by atoms with Gasteiger partial charge in [-0.05, 0) is 65.7 Å². The number of fused-ring (bicyclic) bond motifs is 2. The molecule has 148 valence electrons. The van der Waals surface area contributed by atoms with E-state index in [4.69, 9.17) is 4.74 Å². The van der Waals surface area contributed by atoms with Crippen LogP contribution < -0.4 is 0 Å². The van der Waals surface area contributed by atoms with Gasteiger partial charge in [0.2, 0.25) is 0 Å². The molecule has 1 heterocycles. The molecule has 1 fully saturated rings. The predicted molar refractivity (Wildman–Crippen MR) is 107 cm³/mol. The Morgan fingerprint density at radius 2 is 2.07 bits per heavy atom. The molecule has 0 aromatic heterocycles. The number of allylic oxidation sites excluding steroid dienone is 5. The summed E-state index contributed by atoms with van der Waals surface area (Å²) in [5.74, 6) is -0.557. The van der Waals surface area contributed by atoms with Crippen LogP contribution in [-0.2, 0) is 9.53 Å². The van der Waals surface area contributed by atoms with Crippen molar-refractivity contribution >= 4 is 11.5 Å². The molecule has 1 saturated heterocycles. The highest BCUT2D eigenvalue weighted by molar-refractivity contribution is 5.76. The minimum Gasteiger partial charge on any atom is -0.458 e. The van der Waals surface area contributed by atoms with Crippen molar-refractivity contribution in [1.29, 1.82) is 0 Å². The summed E-state index contributed by atoms with van der Waals surface area (Å²) in [6.07, 6.45) is 9.85. The van der Waals surface area contributed by atoms with Gasteiger partial charge < -0.3 is 9.84 Å². The van der Waals surface area contributed by atoms with Crippen molar-refractivity contribution in [2.75, 3.05) is 0 Å². The molecule has 1 aliphatic heterocycles. The number of rotatable bonds is 3. The highest BCUT2D eigenvalue weighted by Gasteiger charge is 2.45. The van der Waals surface area contributed by atoms with Crippen molar-refractivity contribution in [1.82, 2.24) is 0 Å². The van der Waals surface area contributed by atoms with Gasteiger partial charge in [-0.1, -0.05) is 38.1 Å². The van der Waals surface area contributed by atoms with Crippen LogP contribution in [0.2, 0.25) is 0 Å². The fraction of sp³-hybridized carbons (Fsp3) is 0.458. The predicted octanol–water partition coefficient (Wildman–Crippen LogP) is 4.89. The first-order valence-corrected chi connectivity index (χ1v) is 9.94. The average molecular weight is 382 g/mol. The Labute approximate surface area is 165 Å². The van der Waals surface area contributed by atoms with E-state index in [2.05, 4.69) is 32.1 Å². The summed E-state index contributed by atoms with van der Waals surface area (Å²) in [5, 5.41) is 9.87. The van der Waals surface area contributed by atoms with E-state index < -0.39 is 12.2 Å². The van der Waals surface area contributed by atoms with E-state index in [1.165, 1.54) is 17.2 Å². The fourth-order valence-corrected chi connectivity index (χ4v) is 5.00. The maximum absolute atomic E-state index is 13.8. The second-order valence-electron chi connectivity index (χ2n) is 9.10. The lowest BCUT2D eigenvalue weighted by Crippen LogP contribution is -2.31. The molecule has 28 heavy (non-hydrogen) atoms. The van der Waals surface area contributed by atoms with Crippen LogP contribution >= 0.6 is 0 Å². The standard InChI is InChI=1S/C24H27FO3/c1-15-10-16(4-7-21(15)25)19-13-23(2)8-9-24(3,14-23)20(19)6-5-18-11-17(26)12-22(27)28-18/h4-10,17-18,26H,11-14H2,1-3H3/b6-5+/t17-,18-,23?,24?/m0/s1. The molecule has 1 N–H and O–H groups in total. The van der Waals surface area contributed by atoms with E-state index >= 15 is 0 Å². The van der Waals surface area contributed by atoms with Crippen molar-refractivity contribution in [2.24, 2.45) is 10.8 Å². The molecular weight excluding hydrogens is 355 g/mol. The molecule has 1 aromatic rings. The molecule has 4 rings (SSSR count). The SMILES string of the molecule is Cc1cc(C2=C(/C=C/[C@H]3C[C@H](O)CC(=O)O3)C3(C)C=CC(C)(C2)C3)ccc1F. The molecule has 3 nitrogen and oxygen atoms in total. The molecule has 2 aliphatic carbocycles.